The van der Waals surface area contributed by atoms with Crippen molar-refractivity contribution >= 4 is 11.0 Å². The molecule has 3 aromatic heterocycles. The SMILES string of the molecule is Cn1cc(-c2ccncn2)c2c(=O)cc[nH]c21. The fourth-order valence-electron chi connectivity index (χ4n) is 1.97. The maximum absolute atomic E-state index is 11.9. The Hall–Kier alpha value is -2.43. The Morgan fingerprint density at radius 1 is 1.35 bits per heavy atom. The number of nitrogens with one attached hydrogen (secondary N) is 1. The first-order valence-corrected chi connectivity index (χ1v) is 5.20. The van der Waals surface area contributed by atoms with Gasteiger partial charge in [-0.3, -0.25) is 4.79 Å². The summed E-state index contributed by atoms with van der Waals surface area (Å²) in [5.74, 6) is 0. The number of hydrogen-bond donors (Lipinski definition) is 1. The van der Waals surface area contributed by atoms with Gasteiger partial charge in [0.25, 0.3) is 0 Å². The van der Waals surface area contributed by atoms with E-state index in [0.29, 0.717) is 5.39 Å². The summed E-state index contributed by atoms with van der Waals surface area (Å²) in [6.07, 6.45) is 6.68. The molecule has 0 radical (unpaired) electrons. The van der Waals surface area contributed by atoms with Gasteiger partial charge in [-0.1, -0.05) is 0 Å². The topological polar surface area (TPSA) is 63.6 Å². The molecule has 0 bridgehead atoms. The van der Waals surface area contributed by atoms with Gasteiger partial charge in [0.1, 0.15) is 12.0 Å². The minimum atomic E-state index is -0.00652. The lowest BCUT2D eigenvalue weighted by Crippen LogP contribution is -2.00. The maximum atomic E-state index is 11.9. The first kappa shape index (κ1) is 9.77. The average molecular weight is 226 g/mol. The van der Waals surface area contributed by atoms with Crippen molar-refractivity contribution in [2.24, 2.45) is 7.05 Å². The molecule has 3 heterocycles. The van der Waals surface area contributed by atoms with E-state index in [1.165, 1.54) is 12.4 Å². The number of nitrogens with zero attached hydrogens (tertiary/aromatic N) is 3. The molecule has 0 saturated carbocycles. The zero-order valence-electron chi connectivity index (χ0n) is 9.21. The average Bonchev–Trinajstić information content (AvgIpc) is 2.70. The lowest BCUT2D eigenvalue weighted by atomic mass is 10.1. The highest BCUT2D eigenvalue weighted by Crippen LogP contribution is 2.24. The lowest BCUT2D eigenvalue weighted by molar-refractivity contribution is 0.948. The Bertz CT molecular complexity index is 727. The zero-order valence-corrected chi connectivity index (χ0v) is 9.21. The number of aryl methyl sites for hydroxylation is 1. The monoisotopic (exact) mass is 226 g/mol. The van der Waals surface area contributed by atoms with Crippen LogP contribution in [0.25, 0.3) is 22.3 Å². The van der Waals surface area contributed by atoms with Gasteiger partial charge in [0.2, 0.25) is 0 Å². The van der Waals surface area contributed by atoms with Crippen LogP contribution in [0.15, 0.2) is 41.8 Å². The highest BCUT2D eigenvalue weighted by Gasteiger charge is 2.12. The number of H-pyrrole nitrogens is 1. The van der Waals surface area contributed by atoms with E-state index < -0.39 is 0 Å². The quantitative estimate of drug-likeness (QED) is 0.680. The Labute approximate surface area is 96.8 Å². The Kier molecular flexibility index (Phi) is 2.04. The van der Waals surface area contributed by atoms with E-state index in [1.54, 1.807) is 18.5 Å². The van der Waals surface area contributed by atoms with E-state index in [9.17, 15) is 4.79 Å². The molecule has 0 aliphatic carbocycles. The minimum absolute atomic E-state index is 0.00652. The van der Waals surface area contributed by atoms with E-state index in [1.807, 2.05) is 17.8 Å². The van der Waals surface area contributed by atoms with Crippen LogP contribution < -0.4 is 5.43 Å². The molecule has 0 fully saturated rings. The van der Waals surface area contributed by atoms with Crippen LogP contribution in [0.5, 0.6) is 0 Å². The van der Waals surface area contributed by atoms with Crippen LogP contribution in [-0.2, 0) is 7.05 Å². The summed E-state index contributed by atoms with van der Waals surface area (Å²) in [4.78, 5) is 23.0. The number of aromatic amines is 1. The van der Waals surface area contributed by atoms with E-state index in [2.05, 4.69) is 15.0 Å². The molecule has 3 rings (SSSR count). The predicted octanol–water partition coefficient (Wildman–Crippen LogP) is 1.32. The fraction of sp³-hybridized carbons (Fsp3) is 0.0833. The normalized spacial score (nSPS) is 10.9. The third-order valence-electron chi connectivity index (χ3n) is 2.74. The molecule has 0 aliphatic heterocycles. The molecule has 17 heavy (non-hydrogen) atoms. The minimum Gasteiger partial charge on any atom is -0.347 e. The van der Waals surface area contributed by atoms with Crippen LogP contribution in [0.3, 0.4) is 0 Å². The van der Waals surface area contributed by atoms with Crippen molar-refractivity contribution in [3.05, 3.63) is 47.3 Å². The number of fused-ring (bicyclic) bond motifs is 1. The van der Waals surface area contributed by atoms with Crippen LogP contribution in [-0.4, -0.2) is 19.5 Å². The van der Waals surface area contributed by atoms with Gasteiger partial charge in [0, 0.05) is 37.3 Å². The molecule has 5 heteroatoms. The van der Waals surface area contributed by atoms with E-state index in [-0.39, 0.29) is 5.43 Å². The van der Waals surface area contributed by atoms with Crippen LogP contribution in [0.1, 0.15) is 0 Å². The van der Waals surface area contributed by atoms with Crippen LogP contribution in [0.4, 0.5) is 0 Å². The molecular formula is C12H10N4O. The molecule has 0 aliphatic rings. The van der Waals surface area contributed by atoms with Gasteiger partial charge in [-0.05, 0) is 6.07 Å². The molecule has 84 valence electrons. The second kappa shape index (κ2) is 3.55. The largest absolute Gasteiger partial charge is 0.347 e. The van der Waals surface area contributed by atoms with E-state index in [0.717, 1.165) is 16.9 Å². The molecule has 0 saturated heterocycles. The summed E-state index contributed by atoms with van der Waals surface area (Å²) < 4.78 is 1.88. The zero-order chi connectivity index (χ0) is 11.8. The highest BCUT2D eigenvalue weighted by molar-refractivity contribution is 5.92. The van der Waals surface area contributed by atoms with Gasteiger partial charge in [0.05, 0.1) is 11.1 Å². The smallest absolute Gasteiger partial charge is 0.191 e. The molecule has 0 spiro atoms. The van der Waals surface area contributed by atoms with Crippen molar-refractivity contribution in [1.29, 1.82) is 0 Å². The fourth-order valence-corrected chi connectivity index (χ4v) is 1.97. The van der Waals surface area contributed by atoms with Crippen molar-refractivity contribution in [3.63, 3.8) is 0 Å². The van der Waals surface area contributed by atoms with Crippen LogP contribution in [0.2, 0.25) is 0 Å². The number of rotatable bonds is 1. The first-order valence-electron chi connectivity index (χ1n) is 5.20. The molecule has 1 N–H and O–H groups in total. The summed E-state index contributed by atoms with van der Waals surface area (Å²) in [7, 11) is 1.89. The van der Waals surface area contributed by atoms with Gasteiger partial charge in [-0.25, -0.2) is 9.97 Å². The van der Waals surface area contributed by atoms with E-state index >= 15 is 0 Å². The lowest BCUT2D eigenvalue weighted by Gasteiger charge is -1.96. The van der Waals surface area contributed by atoms with E-state index in [4.69, 9.17) is 0 Å². The molecule has 0 unspecified atom stereocenters. The molecule has 3 aromatic rings. The van der Waals surface area contributed by atoms with Gasteiger partial charge in [-0.15, -0.1) is 0 Å². The number of pyridine rings is 1. The van der Waals surface area contributed by atoms with Crippen molar-refractivity contribution in [2.45, 2.75) is 0 Å². The molecule has 0 atom stereocenters. The van der Waals surface area contributed by atoms with Gasteiger partial charge < -0.3 is 9.55 Å². The van der Waals surface area contributed by atoms with Crippen molar-refractivity contribution < 1.29 is 0 Å². The van der Waals surface area contributed by atoms with Crippen LogP contribution in [0, 0.1) is 0 Å². The van der Waals surface area contributed by atoms with Crippen molar-refractivity contribution in [3.8, 4) is 11.3 Å². The van der Waals surface area contributed by atoms with Crippen molar-refractivity contribution in [1.82, 2.24) is 19.5 Å². The molecule has 5 nitrogen and oxygen atoms in total. The second-order valence-corrected chi connectivity index (χ2v) is 3.81. The summed E-state index contributed by atoms with van der Waals surface area (Å²) in [5.41, 5.74) is 2.37. The summed E-state index contributed by atoms with van der Waals surface area (Å²) in [6, 6.07) is 3.31. The molecular weight excluding hydrogens is 216 g/mol. The van der Waals surface area contributed by atoms with Crippen molar-refractivity contribution in [2.75, 3.05) is 0 Å². The predicted molar refractivity (Wildman–Crippen MR) is 64.6 cm³/mol. The summed E-state index contributed by atoms with van der Waals surface area (Å²) in [6.45, 7) is 0. The Morgan fingerprint density at radius 2 is 2.24 bits per heavy atom. The Balaban J connectivity index is 2.43. The summed E-state index contributed by atoms with van der Waals surface area (Å²) >= 11 is 0. The molecule has 0 amide bonds. The summed E-state index contributed by atoms with van der Waals surface area (Å²) in [5, 5.41) is 0.661. The standard InChI is InChI=1S/C12H10N4O/c1-16-6-8(9-2-4-13-7-15-9)11-10(17)3-5-14-12(11)16/h2-7H,1H3,(H,14,17). The number of hydrogen-bond acceptors (Lipinski definition) is 3. The first-order chi connectivity index (χ1) is 8.27. The third kappa shape index (κ3) is 1.44. The Morgan fingerprint density at radius 3 is 3.00 bits per heavy atom. The van der Waals surface area contributed by atoms with Gasteiger partial charge >= 0.3 is 0 Å². The van der Waals surface area contributed by atoms with Crippen LogP contribution >= 0.6 is 0 Å². The number of aromatic nitrogens is 4. The third-order valence-corrected chi connectivity index (χ3v) is 2.74. The second-order valence-electron chi connectivity index (χ2n) is 3.81. The molecule has 0 aromatic carbocycles. The van der Waals surface area contributed by atoms with Gasteiger partial charge in [-0.2, -0.15) is 0 Å². The van der Waals surface area contributed by atoms with Gasteiger partial charge in [0.15, 0.2) is 5.43 Å². The maximum Gasteiger partial charge on any atom is 0.191 e. The highest BCUT2D eigenvalue weighted by atomic mass is 16.1.